The molecule has 9 nitrogen and oxygen atoms in total. The zero-order chi connectivity index (χ0) is 21.8. The van der Waals surface area contributed by atoms with Gasteiger partial charge in [-0.1, -0.05) is 0 Å². The van der Waals surface area contributed by atoms with Crippen LogP contribution in [0.5, 0.6) is 11.5 Å². The lowest BCUT2D eigenvalue weighted by atomic mass is 9.96. The number of nitrogens with zero attached hydrogens (tertiary/aromatic N) is 3. The topological polar surface area (TPSA) is 92.1 Å². The van der Waals surface area contributed by atoms with Crippen LogP contribution < -0.4 is 15.0 Å². The molecule has 168 valence electrons. The molecule has 1 aromatic heterocycles. The van der Waals surface area contributed by atoms with Crippen molar-refractivity contribution in [2.45, 2.75) is 38.5 Å². The molecule has 2 aliphatic heterocycles. The lowest BCUT2D eigenvalue weighted by molar-refractivity contribution is -0.137. The van der Waals surface area contributed by atoms with Crippen molar-refractivity contribution >= 4 is 16.8 Å². The summed E-state index contributed by atoms with van der Waals surface area (Å²) >= 11 is 0. The number of aryl methyl sites for hydroxylation is 1. The van der Waals surface area contributed by atoms with Gasteiger partial charge >= 0.3 is 0 Å². The standard InChI is InChI=1S/C22H29N3O6/c1-28-18-12-16-17(13-19(18)29-2)23-14-25(21(16)27)7-3-4-20(26)24-8-5-15(6-9-24)22-30-10-11-31-22/h12-15,22H,3-11H2,1-2H3. The molecule has 2 aliphatic rings. The van der Waals surface area contributed by atoms with Crippen LogP contribution in [-0.2, 0) is 20.8 Å². The summed E-state index contributed by atoms with van der Waals surface area (Å²) in [5.74, 6) is 1.50. The molecule has 0 bridgehead atoms. The summed E-state index contributed by atoms with van der Waals surface area (Å²) in [4.78, 5) is 31.7. The number of hydrogen-bond donors (Lipinski definition) is 0. The first-order valence-electron chi connectivity index (χ1n) is 10.7. The Labute approximate surface area is 180 Å². The van der Waals surface area contributed by atoms with Gasteiger partial charge in [0.15, 0.2) is 17.8 Å². The molecule has 0 N–H and O–H groups in total. The minimum atomic E-state index is -0.157. The molecule has 2 fully saturated rings. The monoisotopic (exact) mass is 431 g/mol. The van der Waals surface area contributed by atoms with Gasteiger partial charge in [-0.15, -0.1) is 0 Å². The molecule has 3 heterocycles. The number of rotatable bonds is 7. The van der Waals surface area contributed by atoms with Crippen LogP contribution in [0, 0.1) is 5.92 Å². The van der Waals surface area contributed by atoms with E-state index >= 15 is 0 Å². The molecule has 4 rings (SSSR count). The van der Waals surface area contributed by atoms with Crippen molar-refractivity contribution in [1.29, 1.82) is 0 Å². The molecule has 1 aromatic carbocycles. The summed E-state index contributed by atoms with van der Waals surface area (Å²) < 4.78 is 23.3. The Bertz CT molecular complexity index is 977. The first-order chi connectivity index (χ1) is 15.1. The predicted molar refractivity (Wildman–Crippen MR) is 113 cm³/mol. The van der Waals surface area contributed by atoms with Crippen molar-refractivity contribution in [3.8, 4) is 11.5 Å². The smallest absolute Gasteiger partial charge is 0.261 e. The van der Waals surface area contributed by atoms with Crippen LogP contribution in [0.15, 0.2) is 23.3 Å². The second kappa shape index (κ2) is 9.65. The van der Waals surface area contributed by atoms with Gasteiger partial charge < -0.3 is 23.8 Å². The van der Waals surface area contributed by atoms with Crippen LogP contribution in [0.1, 0.15) is 25.7 Å². The first kappa shape index (κ1) is 21.6. The summed E-state index contributed by atoms with van der Waals surface area (Å²) in [6.07, 6.45) is 4.19. The molecule has 0 aliphatic carbocycles. The van der Waals surface area contributed by atoms with Gasteiger partial charge in [-0.25, -0.2) is 4.98 Å². The van der Waals surface area contributed by atoms with Crippen molar-refractivity contribution in [3.63, 3.8) is 0 Å². The number of amides is 1. The van der Waals surface area contributed by atoms with Crippen LogP contribution in [0.4, 0.5) is 0 Å². The van der Waals surface area contributed by atoms with E-state index in [-0.39, 0.29) is 17.8 Å². The van der Waals surface area contributed by atoms with Gasteiger partial charge in [-0.2, -0.15) is 0 Å². The Morgan fingerprint density at radius 2 is 1.81 bits per heavy atom. The maximum Gasteiger partial charge on any atom is 0.261 e. The number of likely N-dealkylation sites (tertiary alicyclic amines) is 1. The van der Waals surface area contributed by atoms with Gasteiger partial charge in [-0.05, 0) is 25.3 Å². The van der Waals surface area contributed by atoms with E-state index in [1.54, 1.807) is 23.8 Å². The quantitative estimate of drug-likeness (QED) is 0.660. The zero-order valence-electron chi connectivity index (χ0n) is 18.0. The van der Waals surface area contributed by atoms with Gasteiger partial charge in [0, 0.05) is 38.0 Å². The van der Waals surface area contributed by atoms with Crippen molar-refractivity contribution in [3.05, 3.63) is 28.8 Å². The third-order valence-electron chi connectivity index (χ3n) is 6.04. The molecular formula is C22H29N3O6. The van der Waals surface area contributed by atoms with Gasteiger partial charge in [-0.3, -0.25) is 14.2 Å². The Hall–Kier alpha value is -2.65. The molecule has 1 amide bonds. The maximum absolute atomic E-state index is 12.8. The molecular weight excluding hydrogens is 402 g/mol. The summed E-state index contributed by atoms with van der Waals surface area (Å²) in [6.45, 7) is 3.21. The third-order valence-corrected chi connectivity index (χ3v) is 6.04. The van der Waals surface area contributed by atoms with Gasteiger partial charge in [0.05, 0.1) is 44.7 Å². The van der Waals surface area contributed by atoms with Crippen LogP contribution in [0.25, 0.3) is 10.9 Å². The van der Waals surface area contributed by atoms with E-state index < -0.39 is 0 Å². The maximum atomic E-state index is 12.8. The van der Waals surface area contributed by atoms with Crippen molar-refractivity contribution in [2.24, 2.45) is 5.92 Å². The van der Waals surface area contributed by atoms with Gasteiger partial charge in [0.1, 0.15) is 0 Å². The van der Waals surface area contributed by atoms with Crippen LogP contribution >= 0.6 is 0 Å². The number of aromatic nitrogens is 2. The molecule has 0 spiro atoms. The zero-order valence-corrected chi connectivity index (χ0v) is 18.0. The number of hydrogen-bond acceptors (Lipinski definition) is 7. The molecule has 9 heteroatoms. The highest BCUT2D eigenvalue weighted by Crippen LogP contribution is 2.30. The van der Waals surface area contributed by atoms with E-state index in [0.717, 1.165) is 25.9 Å². The fraction of sp³-hybridized carbons (Fsp3) is 0.591. The highest BCUT2D eigenvalue weighted by atomic mass is 16.7. The number of ether oxygens (including phenoxy) is 4. The van der Waals surface area contributed by atoms with Gasteiger partial charge in [0.25, 0.3) is 5.56 Å². The minimum Gasteiger partial charge on any atom is -0.493 e. The normalized spacial score (nSPS) is 17.9. The number of piperidine rings is 1. The number of methoxy groups -OCH3 is 2. The Balaban J connectivity index is 1.32. The van der Waals surface area contributed by atoms with Crippen molar-refractivity contribution in [2.75, 3.05) is 40.5 Å². The van der Waals surface area contributed by atoms with E-state index in [0.29, 0.717) is 60.9 Å². The van der Waals surface area contributed by atoms with E-state index in [2.05, 4.69) is 4.98 Å². The first-order valence-corrected chi connectivity index (χ1v) is 10.7. The molecule has 0 atom stereocenters. The molecule has 0 saturated carbocycles. The lowest BCUT2D eigenvalue weighted by Crippen LogP contribution is -2.41. The summed E-state index contributed by atoms with van der Waals surface area (Å²) in [7, 11) is 3.07. The molecule has 0 unspecified atom stereocenters. The average Bonchev–Trinajstić information content (AvgIpc) is 3.35. The van der Waals surface area contributed by atoms with Crippen molar-refractivity contribution < 1.29 is 23.7 Å². The number of benzene rings is 1. The Kier molecular flexibility index (Phi) is 6.72. The van der Waals surface area contributed by atoms with E-state index in [4.69, 9.17) is 18.9 Å². The fourth-order valence-corrected chi connectivity index (χ4v) is 4.27. The largest absolute Gasteiger partial charge is 0.493 e. The van der Waals surface area contributed by atoms with Gasteiger partial charge in [0.2, 0.25) is 5.91 Å². The number of carbonyl (C=O) groups is 1. The summed E-state index contributed by atoms with van der Waals surface area (Å²) in [6, 6.07) is 3.34. The van der Waals surface area contributed by atoms with Crippen molar-refractivity contribution in [1.82, 2.24) is 14.5 Å². The average molecular weight is 431 g/mol. The highest BCUT2D eigenvalue weighted by molar-refractivity contribution is 5.81. The van der Waals surface area contributed by atoms with E-state index in [9.17, 15) is 9.59 Å². The lowest BCUT2D eigenvalue weighted by Gasteiger charge is -2.34. The molecule has 2 saturated heterocycles. The minimum absolute atomic E-state index is 0.108. The second-order valence-corrected chi connectivity index (χ2v) is 7.90. The molecule has 2 aromatic rings. The predicted octanol–water partition coefficient (Wildman–Crippen LogP) is 1.81. The number of carbonyl (C=O) groups excluding carboxylic acids is 1. The van der Waals surface area contributed by atoms with E-state index in [1.165, 1.54) is 13.4 Å². The summed E-state index contributed by atoms with van der Waals surface area (Å²) in [5.41, 5.74) is 0.392. The Morgan fingerprint density at radius 1 is 1.13 bits per heavy atom. The third kappa shape index (κ3) is 4.67. The summed E-state index contributed by atoms with van der Waals surface area (Å²) in [5, 5.41) is 0.463. The van der Waals surface area contributed by atoms with E-state index in [1.807, 2.05) is 4.90 Å². The number of fused-ring (bicyclic) bond motifs is 1. The van der Waals surface area contributed by atoms with Crippen LogP contribution in [0.2, 0.25) is 0 Å². The van der Waals surface area contributed by atoms with Crippen LogP contribution in [0.3, 0.4) is 0 Å². The molecule has 0 radical (unpaired) electrons. The molecule has 31 heavy (non-hydrogen) atoms. The fourth-order valence-electron chi connectivity index (χ4n) is 4.27. The highest BCUT2D eigenvalue weighted by Gasteiger charge is 2.31. The van der Waals surface area contributed by atoms with Crippen LogP contribution in [-0.4, -0.2) is 67.2 Å². The SMILES string of the molecule is COc1cc2ncn(CCCC(=O)N3CCC(C4OCCO4)CC3)c(=O)c2cc1OC. The Morgan fingerprint density at radius 3 is 2.48 bits per heavy atom. The second-order valence-electron chi connectivity index (χ2n) is 7.90.